The summed E-state index contributed by atoms with van der Waals surface area (Å²) >= 11 is 15.4. The molecule has 148 valence electrons. The normalized spacial score (nSPS) is 10.9. The van der Waals surface area contributed by atoms with E-state index in [2.05, 4.69) is 26.1 Å². The number of carbonyl (C=O) groups is 1. The molecule has 0 saturated heterocycles. The van der Waals surface area contributed by atoms with E-state index in [0.29, 0.717) is 28.0 Å². The first-order valence-electron chi connectivity index (χ1n) is 8.46. The van der Waals surface area contributed by atoms with Crippen molar-refractivity contribution in [2.45, 2.75) is 26.7 Å². The highest BCUT2D eigenvalue weighted by Crippen LogP contribution is 2.27. The van der Waals surface area contributed by atoms with Crippen LogP contribution in [0.15, 0.2) is 41.1 Å². The van der Waals surface area contributed by atoms with Crippen LogP contribution >= 0.6 is 39.1 Å². The van der Waals surface area contributed by atoms with Crippen molar-refractivity contribution in [3.8, 4) is 5.75 Å². The van der Waals surface area contributed by atoms with Gasteiger partial charge in [-0.05, 0) is 47.1 Å². The van der Waals surface area contributed by atoms with Crippen LogP contribution in [0.3, 0.4) is 0 Å². The van der Waals surface area contributed by atoms with Gasteiger partial charge in [0.25, 0.3) is 5.91 Å². The molecule has 0 aliphatic carbocycles. The Labute approximate surface area is 180 Å². The molecule has 7 nitrogen and oxygen atoms in total. The van der Waals surface area contributed by atoms with Gasteiger partial charge in [0.05, 0.1) is 21.7 Å². The van der Waals surface area contributed by atoms with Gasteiger partial charge in [-0.3, -0.25) is 9.48 Å². The third-order valence-corrected chi connectivity index (χ3v) is 5.14. The summed E-state index contributed by atoms with van der Waals surface area (Å²) < 4.78 is 9.82. The topological polar surface area (TPSA) is 65.2 Å². The third kappa shape index (κ3) is 4.87. The maximum absolute atomic E-state index is 12.6. The molecule has 10 heteroatoms. The van der Waals surface area contributed by atoms with E-state index in [0.717, 1.165) is 16.7 Å². The Kier molecular flexibility index (Phi) is 6.64. The number of benzene rings is 1. The average Bonchev–Trinajstić information content (AvgIpc) is 3.27. The Bertz CT molecular complexity index is 988. The van der Waals surface area contributed by atoms with Gasteiger partial charge in [0, 0.05) is 31.0 Å². The Hall–Kier alpha value is -2.03. The van der Waals surface area contributed by atoms with Crippen molar-refractivity contribution < 1.29 is 9.53 Å². The summed E-state index contributed by atoms with van der Waals surface area (Å²) in [5.74, 6) is 0.282. The molecule has 0 unspecified atom stereocenters. The van der Waals surface area contributed by atoms with Gasteiger partial charge in [0.2, 0.25) is 0 Å². The lowest BCUT2D eigenvalue weighted by Crippen LogP contribution is -2.27. The molecule has 2 heterocycles. The first kappa shape index (κ1) is 20.7. The van der Waals surface area contributed by atoms with E-state index in [4.69, 9.17) is 27.9 Å². The van der Waals surface area contributed by atoms with Crippen molar-refractivity contribution in [3.05, 3.63) is 62.6 Å². The van der Waals surface area contributed by atoms with E-state index in [-0.39, 0.29) is 12.6 Å². The van der Waals surface area contributed by atoms with E-state index >= 15 is 0 Å². The number of hydrogen-bond donors (Lipinski definition) is 0. The van der Waals surface area contributed by atoms with Crippen molar-refractivity contribution in [3.63, 3.8) is 0 Å². The molecule has 3 aromatic rings. The van der Waals surface area contributed by atoms with Crippen molar-refractivity contribution in [2.24, 2.45) is 0 Å². The largest absolute Gasteiger partial charge is 0.470 e. The monoisotopic (exact) mass is 485 g/mol. The SMILES string of the molecule is CCn1cc(Br)c(CN(C)C(=O)c2ccn(COc3ccc(Cl)cc3Cl)n2)n1. The molecule has 1 aromatic carbocycles. The number of rotatable bonds is 7. The average molecular weight is 487 g/mol. The van der Waals surface area contributed by atoms with Crippen LogP contribution in [0.4, 0.5) is 0 Å². The third-order valence-electron chi connectivity index (χ3n) is 3.95. The molecule has 0 atom stereocenters. The molecular formula is C18H18BrCl2N5O2. The summed E-state index contributed by atoms with van der Waals surface area (Å²) in [5.41, 5.74) is 1.11. The van der Waals surface area contributed by atoms with E-state index < -0.39 is 0 Å². The summed E-state index contributed by atoms with van der Waals surface area (Å²) in [6.45, 7) is 3.25. The Balaban J connectivity index is 1.62. The summed E-state index contributed by atoms with van der Waals surface area (Å²) in [6, 6.07) is 6.61. The van der Waals surface area contributed by atoms with Gasteiger partial charge >= 0.3 is 0 Å². The fraction of sp³-hybridized carbons (Fsp3) is 0.278. The molecule has 3 rings (SSSR count). The standard InChI is InChI=1S/C18H18BrCl2N5O2/c1-3-25-9-13(19)16(23-25)10-24(2)18(27)15-6-7-26(22-15)11-28-17-5-4-12(20)8-14(17)21/h4-9H,3,10-11H2,1-2H3. The van der Waals surface area contributed by atoms with Crippen LogP contribution in [-0.4, -0.2) is 37.4 Å². The van der Waals surface area contributed by atoms with Crippen LogP contribution in [0.2, 0.25) is 10.0 Å². The number of ether oxygens (including phenoxy) is 1. The summed E-state index contributed by atoms with van der Waals surface area (Å²) in [4.78, 5) is 14.2. The lowest BCUT2D eigenvalue weighted by Gasteiger charge is -2.14. The summed E-state index contributed by atoms with van der Waals surface area (Å²) in [5, 5.41) is 9.65. The maximum Gasteiger partial charge on any atom is 0.274 e. The Morgan fingerprint density at radius 3 is 2.71 bits per heavy atom. The van der Waals surface area contributed by atoms with Crippen LogP contribution < -0.4 is 4.74 Å². The van der Waals surface area contributed by atoms with Gasteiger partial charge in [-0.1, -0.05) is 23.2 Å². The van der Waals surface area contributed by atoms with Crippen molar-refractivity contribution >= 4 is 45.0 Å². The molecule has 0 spiro atoms. The minimum atomic E-state index is -0.207. The number of carbonyl (C=O) groups excluding carboxylic acids is 1. The van der Waals surface area contributed by atoms with Crippen molar-refractivity contribution in [2.75, 3.05) is 7.05 Å². The number of aromatic nitrogens is 4. The fourth-order valence-corrected chi connectivity index (χ4v) is 3.38. The molecule has 2 aromatic heterocycles. The smallest absolute Gasteiger partial charge is 0.274 e. The predicted octanol–water partition coefficient (Wildman–Crippen LogP) is 4.48. The van der Waals surface area contributed by atoms with Crippen LogP contribution in [0.1, 0.15) is 23.1 Å². The van der Waals surface area contributed by atoms with Gasteiger partial charge in [0.1, 0.15) is 5.75 Å². The molecule has 0 fully saturated rings. The Morgan fingerprint density at radius 2 is 2.04 bits per heavy atom. The van der Waals surface area contributed by atoms with Gasteiger partial charge in [-0.15, -0.1) is 0 Å². The van der Waals surface area contributed by atoms with Crippen LogP contribution in [0, 0.1) is 0 Å². The second kappa shape index (κ2) is 8.98. The highest BCUT2D eigenvalue weighted by molar-refractivity contribution is 9.10. The van der Waals surface area contributed by atoms with Gasteiger partial charge in [-0.2, -0.15) is 10.2 Å². The zero-order valence-corrected chi connectivity index (χ0v) is 18.4. The van der Waals surface area contributed by atoms with Crippen molar-refractivity contribution in [1.82, 2.24) is 24.5 Å². The molecular weight excluding hydrogens is 469 g/mol. The molecule has 0 saturated carbocycles. The van der Waals surface area contributed by atoms with Crippen molar-refractivity contribution in [1.29, 1.82) is 0 Å². The molecule has 0 bridgehead atoms. The van der Waals surface area contributed by atoms with Gasteiger partial charge in [0.15, 0.2) is 12.4 Å². The minimum absolute atomic E-state index is 0.116. The van der Waals surface area contributed by atoms with Crippen LogP contribution in [0.5, 0.6) is 5.75 Å². The van der Waals surface area contributed by atoms with Gasteiger partial charge < -0.3 is 9.64 Å². The zero-order chi connectivity index (χ0) is 20.3. The molecule has 0 aliphatic rings. The number of nitrogens with zero attached hydrogens (tertiary/aromatic N) is 5. The fourth-order valence-electron chi connectivity index (χ4n) is 2.47. The first-order valence-corrected chi connectivity index (χ1v) is 10.0. The second-order valence-electron chi connectivity index (χ2n) is 6.03. The molecule has 0 radical (unpaired) electrons. The minimum Gasteiger partial charge on any atom is -0.470 e. The maximum atomic E-state index is 12.6. The summed E-state index contributed by atoms with van der Waals surface area (Å²) in [6.07, 6.45) is 3.56. The number of amides is 1. The highest BCUT2D eigenvalue weighted by Gasteiger charge is 2.18. The van der Waals surface area contributed by atoms with E-state index in [1.165, 1.54) is 4.68 Å². The van der Waals surface area contributed by atoms with E-state index in [1.54, 1.807) is 42.4 Å². The van der Waals surface area contributed by atoms with Gasteiger partial charge in [-0.25, -0.2) is 4.68 Å². The van der Waals surface area contributed by atoms with Crippen LogP contribution in [0.25, 0.3) is 0 Å². The molecule has 0 aliphatic heterocycles. The number of halogens is 3. The van der Waals surface area contributed by atoms with E-state index in [9.17, 15) is 4.79 Å². The molecule has 0 N–H and O–H groups in total. The molecule has 1 amide bonds. The highest BCUT2D eigenvalue weighted by atomic mass is 79.9. The lowest BCUT2D eigenvalue weighted by molar-refractivity contribution is 0.0775. The lowest BCUT2D eigenvalue weighted by atomic mass is 10.3. The Morgan fingerprint density at radius 1 is 1.25 bits per heavy atom. The number of hydrogen-bond acceptors (Lipinski definition) is 4. The molecule has 28 heavy (non-hydrogen) atoms. The zero-order valence-electron chi connectivity index (χ0n) is 15.3. The van der Waals surface area contributed by atoms with Crippen LogP contribution in [-0.2, 0) is 19.8 Å². The second-order valence-corrected chi connectivity index (χ2v) is 7.73. The predicted molar refractivity (Wildman–Crippen MR) is 111 cm³/mol. The summed E-state index contributed by atoms with van der Waals surface area (Å²) in [7, 11) is 1.71. The van der Waals surface area contributed by atoms with E-state index in [1.807, 2.05) is 17.8 Å². The first-order chi connectivity index (χ1) is 13.4. The number of aryl methyl sites for hydroxylation is 1. The quantitative estimate of drug-likeness (QED) is 0.494.